The standard InChI is InChI=1S/C28H27FN8O/c29-21-13-17(18-11-19(15-30-14-18)32-28(38)16-5-4-6-16)12-20-23(21)35-36-24(20)27-33-25-22(7-8-31-26(25)34-27)37-9-2-1-3-10-37/h7-8,11-16H,1-6,9-10H2,(H,32,38)(H,35,36)(H,31,33,34). The zero-order valence-corrected chi connectivity index (χ0v) is 20.8. The molecule has 5 aromatic rings. The van der Waals surface area contributed by atoms with Gasteiger partial charge in [-0.05, 0) is 61.9 Å². The molecule has 2 aliphatic rings. The van der Waals surface area contributed by atoms with E-state index in [0.717, 1.165) is 43.6 Å². The van der Waals surface area contributed by atoms with Gasteiger partial charge in [0.05, 0.1) is 17.6 Å². The largest absolute Gasteiger partial charge is 0.370 e. The Labute approximate surface area is 217 Å². The molecule has 1 saturated carbocycles. The first-order valence-electron chi connectivity index (χ1n) is 13.2. The van der Waals surface area contributed by atoms with Crippen LogP contribution in [-0.2, 0) is 4.79 Å². The SMILES string of the molecule is O=C(Nc1cncc(-c2cc(F)c3n[nH]c(-c4nc5nccc(N6CCCCC6)c5[nH]4)c3c2)c1)C1CCC1. The Morgan fingerprint density at radius 1 is 1.05 bits per heavy atom. The van der Waals surface area contributed by atoms with E-state index in [4.69, 9.17) is 4.98 Å². The van der Waals surface area contributed by atoms with E-state index in [0.29, 0.717) is 39.4 Å². The summed E-state index contributed by atoms with van der Waals surface area (Å²) in [5.41, 5.74) is 5.30. The van der Waals surface area contributed by atoms with Gasteiger partial charge in [-0.2, -0.15) is 5.10 Å². The van der Waals surface area contributed by atoms with Crippen LogP contribution in [0.15, 0.2) is 42.9 Å². The van der Waals surface area contributed by atoms with Crippen molar-refractivity contribution in [2.45, 2.75) is 38.5 Å². The number of anilines is 2. The van der Waals surface area contributed by atoms with Crippen molar-refractivity contribution in [1.82, 2.24) is 30.1 Å². The molecule has 192 valence electrons. The quantitative estimate of drug-likeness (QED) is 0.290. The summed E-state index contributed by atoms with van der Waals surface area (Å²) in [5.74, 6) is 0.175. The molecule has 0 atom stereocenters. The Morgan fingerprint density at radius 3 is 2.74 bits per heavy atom. The van der Waals surface area contributed by atoms with Crippen molar-refractivity contribution in [1.29, 1.82) is 0 Å². The number of halogens is 1. The van der Waals surface area contributed by atoms with Gasteiger partial charge in [0.25, 0.3) is 0 Å². The highest BCUT2D eigenvalue weighted by Crippen LogP contribution is 2.34. The minimum absolute atomic E-state index is 0.0105. The first-order valence-corrected chi connectivity index (χ1v) is 13.2. The highest BCUT2D eigenvalue weighted by atomic mass is 19.1. The van der Waals surface area contributed by atoms with E-state index in [-0.39, 0.29) is 17.3 Å². The van der Waals surface area contributed by atoms with Crippen molar-refractivity contribution in [3.05, 3.63) is 48.7 Å². The number of aromatic amines is 2. The summed E-state index contributed by atoms with van der Waals surface area (Å²) in [4.78, 5) is 31.7. The van der Waals surface area contributed by atoms with Crippen LogP contribution >= 0.6 is 0 Å². The molecule has 0 unspecified atom stereocenters. The molecule has 4 aromatic heterocycles. The lowest BCUT2D eigenvalue weighted by atomic mass is 9.85. The predicted octanol–water partition coefficient (Wildman–Crippen LogP) is 5.43. The summed E-state index contributed by atoms with van der Waals surface area (Å²) in [7, 11) is 0. The van der Waals surface area contributed by atoms with Crippen LogP contribution < -0.4 is 10.2 Å². The molecular formula is C28H27FN8O. The fourth-order valence-corrected chi connectivity index (χ4v) is 5.42. The molecule has 1 saturated heterocycles. The van der Waals surface area contributed by atoms with Crippen molar-refractivity contribution >= 4 is 39.3 Å². The number of imidazole rings is 1. The summed E-state index contributed by atoms with van der Waals surface area (Å²) in [6.07, 6.45) is 11.6. The monoisotopic (exact) mass is 510 g/mol. The molecule has 9 nitrogen and oxygen atoms in total. The lowest BCUT2D eigenvalue weighted by Gasteiger charge is -2.28. The molecule has 5 heterocycles. The zero-order valence-electron chi connectivity index (χ0n) is 20.8. The van der Waals surface area contributed by atoms with E-state index in [1.807, 2.05) is 18.2 Å². The number of fused-ring (bicyclic) bond motifs is 2. The van der Waals surface area contributed by atoms with Crippen LogP contribution in [-0.4, -0.2) is 49.1 Å². The molecule has 10 heteroatoms. The summed E-state index contributed by atoms with van der Waals surface area (Å²) in [6.45, 7) is 2.01. The summed E-state index contributed by atoms with van der Waals surface area (Å²) < 4.78 is 15.2. The third-order valence-electron chi connectivity index (χ3n) is 7.73. The number of nitrogens with one attached hydrogen (secondary N) is 3. The van der Waals surface area contributed by atoms with Gasteiger partial charge in [0.2, 0.25) is 5.91 Å². The fraction of sp³-hybridized carbons (Fsp3) is 0.321. The van der Waals surface area contributed by atoms with Crippen LogP contribution in [0.25, 0.3) is 44.7 Å². The number of amides is 1. The van der Waals surface area contributed by atoms with Crippen LogP contribution in [0.5, 0.6) is 0 Å². The maximum Gasteiger partial charge on any atom is 0.227 e. The third kappa shape index (κ3) is 3.96. The molecule has 1 amide bonds. The number of nitrogens with zero attached hydrogens (tertiary/aromatic N) is 5. The van der Waals surface area contributed by atoms with E-state index in [1.165, 1.54) is 25.3 Å². The Hall–Kier alpha value is -4.34. The minimum atomic E-state index is -0.452. The Morgan fingerprint density at radius 2 is 1.92 bits per heavy atom. The molecule has 38 heavy (non-hydrogen) atoms. The van der Waals surface area contributed by atoms with Gasteiger partial charge in [-0.1, -0.05) is 6.42 Å². The van der Waals surface area contributed by atoms with Crippen molar-refractivity contribution in [2.75, 3.05) is 23.3 Å². The van der Waals surface area contributed by atoms with Gasteiger partial charge < -0.3 is 15.2 Å². The second kappa shape index (κ2) is 9.20. The molecule has 3 N–H and O–H groups in total. The summed E-state index contributed by atoms with van der Waals surface area (Å²) in [6, 6.07) is 7.15. The molecule has 1 aliphatic carbocycles. The molecule has 1 aliphatic heterocycles. The molecular weight excluding hydrogens is 483 g/mol. The number of benzene rings is 1. The number of rotatable bonds is 5. The molecule has 0 spiro atoms. The molecule has 0 radical (unpaired) electrons. The average molecular weight is 511 g/mol. The topological polar surface area (TPSA) is 115 Å². The first-order chi connectivity index (χ1) is 18.6. The van der Waals surface area contributed by atoms with Gasteiger partial charge in [-0.15, -0.1) is 0 Å². The molecule has 0 bridgehead atoms. The van der Waals surface area contributed by atoms with Crippen LogP contribution in [0.3, 0.4) is 0 Å². The van der Waals surface area contributed by atoms with E-state index < -0.39 is 5.82 Å². The van der Waals surface area contributed by atoms with Crippen molar-refractivity contribution in [3.63, 3.8) is 0 Å². The third-order valence-corrected chi connectivity index (χ3v) is 7.73. The zero-order chi connectivity index (χ0) is 25.6. The Balaban J connectivity index is 1.26. The minimum Gasteiger partial charge on any atom is -0.370 e. The number of carbonyl (C=O) groups excluding carboxylic acids is 1. The molecule has 7 rings (SSSR count). The molecule has 2 fully saturated rings. The summed E-state index contributed by atoms with van der Waals surface area (Å²) in [5, 5.41) is 10.8. The highest BCUT2D eigenvalue weighted by molar-refractivity contribution is 5.98. The van der Waals surface area contributed by atoms with Crippen molar-refractivity contribution in [3.8, 4) is 22.6 Å². The summed E-state index contributed by atoms with van der Waals surface area (Å²) >= 11 is 0. The first kappa shape index (κ1) is 22.8. The van der Waals surface area contributed by atoms with Gasteiger partial charge in [-0.25, -0.2) is 14.4 Å². The predicted molar refractivity (Wildman–Crippen MR) is 144 cm³/mol. The van der Waals surface area contributed by atoms with Crippen molar-refractivity contribution in [2.24, 2.45) is 5.92 Å². The smallest absolute Gasteiger partial charge is 0.227 e. The Kier molecular flexibility index (Phi) is 5.52. The van der Waals surface area contributed by atoms with Crippen LogP contribution in [0, 0.1) is 11.7 Å². The Bertz CT molecular complexity index is 1660. The van der Waals surface area contributed by atoms with E-state index in [9.17, 15) is 4.79 Å². The number of piperidine rings is 1. The second-order valence-electron chi connectivity index (χ2n) is 10.2. The highest BCUT2D eigenvalue weighted by Gasteiger charge is 2.25. The van der Waals surface area contributed by atoms with E-state index in [1.54, 1.807) is 18.6 Å². The number of hydrogen-bond acceptors (Lipinski definition) is 6. The number of H-pyrrole nitrogens is 2. The maximum atomic E-state index is 15.2. The van der Waals surface area contributed by atoms with E-state index in [2.05, 4.69) is 35.4 Å². The fourth-order valence-electron chi connectivity index (χ4n) is 5.42. The second-order valence-corrected chi connectivity index (χ2v) is 10.2. The van der Waals surface area contributed by atoms with Gasteiger partial charge in [0, 0.05) is 42.4 Å². The number of aromatic nitrogens is 6. The van der Waals surface area contributed by atoms with Crippen LogP contribution in [0.2, 0.25) is 0 Å². The van der Waals surface area contributed by atoms with Gasteiger partial charge >= 0.3 is 0 Å². The number of hydrogen-bond donors (Lipinski definition) is 3. The normalized spacial score (nSPS) is 16.2. The number of carbonyl (C=O) groups is 1. The maximum absolute atomic E-state index is 15.2. The van der Waals surface area contributed by atoms with Crippen LogP contribution in [0.1, 0.15) is 38.5 Å². The lowest BCUT2D eigenvalue weighted by Crippen LogP contribution is -2.29. The number of pyridine rings is 2. The van der Waals surface area contributed by atoms with E-state index >= 15 is 4.39 Å². The van der Waals surface area contributed by atoms with Crippen molar-refractivity contribution < 1.29 is 9.18 Å². The van der Waals surface area contributed by atoms with Crippen LogP contribution in [0.4, 0.5) is 15.8 Å². The average Bonchev–Trinajstić information content (AvgIpc) is 3.52. The van der Waals surface area contributed by atoms with Gasteiger partial charge in [0.15, 0.2) is 17.3 Å². The van der Waals surface area contributed by atoms with Gasteiger partial charge in [-0.3, -0.25) is 14.9 Å². The molecule has 1 aromatic carbocycles. The van der Waals surface area contributed by atoms with Gasteiger partial charge in [0.1, 0.15) is 16.7 Å². The lowest BCUT2D eigenvalue weighted by molar-refractivity contribution is -0.122.